The van der Waals surface area contributed by atoms with Crippen molar-refractivity contribution in [1.82, 2.24) is 4.98 Å². The third kappa shape index (κ3) is 3.28. The number of amides is 1. The smallest absolute Gasteiger partial charge is 0.227 e. The molecular weight excluding hydrogens is 280 g/mol. The zero-order valence-electron chi connectivity index (χ0n) is 9.95. The molecule has 0 aromatic carbocycles. The van der Waals surface area contributed by atoms with E-state index in [1.807, 2.05) is 19.1 Å². The van der Waals surface area contributed by atoms with E-state index in [4.69, 9.17) is 0 Å². The number of carbonyl (C=O) groups is 1. The van der Waals surface area contributed by atoms with Gasteiger partial charge < -0.3 is 5.32 Å². The van der Waals surface area contributed by atoms with Crippen molar-refractivity contribution in [1.29, 1.82) is 0 Å². The van der Waals surface area contributed by atoms with Crippen molar-refractivity contribution in [3.8, 4) is 0 Å². The summed E-state index contributed by atoms with van der Waals surface area (Å²) in [5.74, 6) is 0.764. The van der Waals surface area contributed by atoms with Gasteiger partial charge in [-0.05, 0) is 46.8 Å². The Labute approximate surface area is 110 Å². The average molecular weight is 297 g/mol. The van der Waals surface area contributed by atoms with Gasteiger partial charge in [0.2, 0.25) is 5.91 Å². The van der Waals surface area contributed by atoms with Crippen LogP contribution < -0.4 is 5.32 Å². The molecule has 1 saturated carbocycles. The number of anilines is 1. The molecule has 0 radical (unpaired) electrons. The summed E-state index contributed by atoms with van der Waals surface area (Å²) in [4.78, 5) is 16.1. The average Bonchev–Trinajstić information content (AvgIpc) is 2.84. The fraction of sp³-hybridized carbons (Fsp3) is 0.538. The number of aromatic nitrogens is 1. The van der Waals surface area contributed by atoms with E-state index < -0.39 is 0 Å². The van der Waals surface area contributed by atoms with Gasteiger partial charge in [0.25, 0.3) is 0 Å². The lowest BCUT2D eigenvalue weighted by molar-refractivity contribution is -0.120. The van der Waals surface area contributed by atoms with Gasteiger partial charge in [-0.3, -0.25) is 4.79 Å². The number of pyridine rings is 1. The molecule has 0 aliphatic heterocycles. The van der Waals surface area contributed by atoms with Gasteiger partial charge in [0.05, 0.1) is 11.9 Å². The van der Waals surface area contributed by atoms with Crippen LogP contribution in [0.3, 0.4) is 0 Å². The molecule has 17 heavy (non-hydrogen) atoms. The molecule has 3 nitrogen and oxygen atoms in total. The Hall–Kier alpha value is -0.900. The molecule has 0 bridgehead atoms. The standard InChI is InChI=1S/C13H17BrN2O/c1-9(10-4-2-3-5-10)13(17)16-11-6-7-12(14)15-8-11/h6-10H,2-5H2,1H3,(H,16,17). The molecular formula is C13H17BrN2O. The summed E-state index contributed by atoms with van der Waals surface area (Å²) in [5.41, 5.74) is 0.767. The van der Waals surface area contributed by atoms with E-state index in [2.05, 4.69) is 26.2 Å². The lowest BCUT2D eigenvalue weighted by Gasteiger charge is -2.18. The molecule has 4 heteroatoms. The van der Waals surface area contributed by atoms with Crippen LogP contribution in [0.2, 0.25) is 0 Å². The fourth-order valence-corrected chi connectivity index (χ4v) is 2.61. The molecule has 1 unspecified atom stereocenters. The largest absolute Gasteiger partial charge is 0.324 e. The highest BCUT2D eigenvalue weighted by Crippen LogP contribution is 2.31. The maximum atomic E-state index is 12.0. The molecule has 0 spiro atoms. The Kier molecular flexibility index (Phi) is 4.15. The Bertz CT molecular complexity index is 385. The van der Waals surface area contributed by atoms with Crippen LogP contribution in [-0.4, -0.2) is 10.9 Å². The molecule has 2 rings (SSSR count). The quantitative estimate of drug-likeness (QED) is 0.866. The minimum atomic E-state index is 0.0983. The van der Waals surface area contributed by atoms with Gasteiger partial charge in [-0.2, -0.15) is 0 Å². The highest BCUT2D eigenvalue weighted by molar-refractivity contribution is 9.10. The summed E-state index contributed by atoms with van der Waals surface area (Å²) in [6.07, 6.45) is 6.58. The van der Waals surface area contributed by atoms with Gasteiger partial charge in [-0.25, -0.2) is 4.98 Å². The van der Waals surface area contributed by atoms with Crippen molar-refractivity contribution in [2.75, 3.05) is 5.32 Å². The SMILES string of the molecule is CC(C(=O)Nc1ccc(Br)nc1)C1CCCC1. The molecule has 1 aliphatic carbocycles. The topological polar surface area (TPSA) is 42.0 Å². The number of hydrogen-bond acceptors (Lipinski definition) is 2. The van der Waals surface area contributed by atoms with E-state index in [1.165, 1.54) is 25.7 Å². The summed E-state index contributed by atoms with van der Waals surface area (Å²) in [6, 6.07) is 3.69. The van der Waals surface area contributed by atoms with Crippen molar-refractivity contribution in [2.45, 2.75) is 32.6 Å². The number of halogens is 1. The molecule has 1 N–H and O–H groups in total. The van der Waals surface area contributed by atoms with Crippen molar-refractivity contribution in [3.05, 3.63) is 22.9 Å². The lowest BCUT2D eigenvalue weighted by atomic mass is 9.92. The van der Waals surface area contributed by atoms with E-state index in [0.29, 0.717) is 5.92 Å². The zero-order valence-corrected chi connectivity index (χ0v) is 11.5. The Morgan fingerprint density at radius 3 is 2.76 bits per heavy atom. The summed E-state index contributed by atoms with van der Waals surface area (Å²) in [5, 5.41) is 2.92. The van der Waals surface area contributed by atoms with Crippen LogP contribution in [0.25, 0.3) is 0 Å². The first kappa shape index (κ1) is 12.6. The molecule has 1 amide bonds. The third-order valence-electron chi connectivity index (χ3n) is 3.52. The van der Waals surface area contributed by atoms with Crippen LogP contribution in [-0.2, 0) is 4.79 Å². The number of nitrogens with zero attached hydrogens (tertiary/aromatic N) is 1. The van der Waals surface area contributed by atoms with E-state index >= 15 is 0 Å². The first-order valence-corrected chi connectivity index (χ1v) is 6.88. The molecule has 1 atom stereocenters. The molecule has 0 saturated heterocycles. The third-order valence-corrected chi connectivity index (χ3v) is 3.98. The first-order chi connectivity index (χ1) is 8.16. The van der Waals surface area contributed by atoms with E-state index in [9.17, 15) is 4.79 Å². The maximum Gasteiger partial charge on any atom is 0.227 e. The zero-order chi connectivity index (χ0) is 12.3. The van der Waals surface area contributed by atoms with Gasteiger partial charge in [0.1, 0.15) is 4.60 Å². The van der Waals surface area contributed by atoms with Crippen molar-refractivity contribution < 1.29 is 4.79 Å². The first-order valence-electron chi connectivity index (χ1n) is 6.09. The molecule has 1 aliphatic rings. The van der Waals surface area contributed by atoms with Crippen molar-refractivity contribution in [3.63, 3.8) is 0 Å². The molecule has 92 valence electrons. The van der Waals surface area contributed by atoms with Gasteiger partial charge in [0.15, 0.2) is 0 Å². The summed E-state index contributed by atoms with van der Waals surface area (Å²) in [7, 11) is 0. The van der Waals surface area contributed by atoms with Crippen LogP contribution in [0.1, 0.15) is 32.6 Å². The Morgan fingerprint density at radius 2 is 2.18 bits per heavy atom. The Morgan fingerprint density at radius 1 is 1.47 bits per heavy atom. The van der Waals surface area contributed by atoms with Gasteiger partial charge in [-0.1, -0.05) is 19.8 Å². The number of rotatable bonds is 3. The number of carbonyl (C=O) groups excluding carboxylic acids is 1. The van der Waals surface area contributed by atoms with Crippen LogP contribution in [0.15, 0.2) is 22.9 Å². The van der Waals surface area contributed by atoms with E-state index in [-0.39, 0.29) is 11.8 Å². The summed E-state index contributed by atoms with van der Waals surface area (Å²) < 4.78 is 0.777. The molecule has 1 heterocycles. The molecule has 1 fully saturated rings. The highest BCUT2D eigenvalue weighted by atomic mass is 79.9. The minimum Gasteiger partial charge on any atom is -0.324 e. The van der Waals surface area contributed by atoms with E-state index in [1.54, 1.807) is 6.20 Å². The van der Waals surface area contributed by atoms with Crippen LogP contribution in [0, 0.1) is 11.8 Å². The van der Waals surface area contributed by atoms with Gasteiger partial charge >= 0.3 is 0 Å². The monoisotopic (exact) mass is 296 g/mol. The summed E-state index contributed by atoms with van der Waals surface area (Å²) >= 11 is 3.27. The number of hydrogen-bond donors (Lipinski definition) is 1. The van der Waals surface area contributed by atoms with Crippen LogP contribution in [0.5, 0.6) is 0 Å². The molecule has 1 aromatic rings. The number of nitrogens with one attached hydrogen (secondary N) is 1. The molecule has 1 aromatic heterocycles. The van der Waals surface area contributed by atoms with Gasteiger partial charge in [-0.15, -0.1) is 0 Å². The van der Waals surface area contributed by atoms with Gasteiger partial charge in [0, 0.05) is 5.92 Å². The predicted molar refractivity (Wildman–Crippen MR) is 71.7 cm³/mol. The van der Waals surface area contributed by atoms with Crippen molar-refractivity contribution in [2.24, 2.45) is 11.8 Å². The second kappa shape index (κ2) is 5.63. The van der Waals surface area contributed by atoms with E-state index in [0.717, 1.165) is 10.3 Å². The maximum absolute atomic E-state index is 12.0. The Balaban J connectivity index is 1.93. The van der Waals surface area contributed by atoms with Crippen LogP contribution >= 0.6 is 15.9 Å². The van der Waals surface area contributed by atoms with Crippen molar-refractivity contribution >= 4 is 27.5 Å². The minimum absolute atomic E-state index is 0.0983. The lowest BCUT2D eigenvalue weighted by Crippen LogP contribution is -2.25. The summed E-state index contributed by atoms with van der Waals surface area (Å²) in [6.45, 7) is 2.03. The van der Waals surface area contributed by atoms with Crippen LogP contribution in [0.4, 0.5) is 5.69 Å². The second-order valence-electron chi connectivity index (χ2n) is 4.69. The normalized spacial score (nSPS) is 18.0. The highest BCUT2D eigenvalue weighted by Gasteiger charge is 2.26. The predicted octanol–water partition coefficient (Wildman–Crippen LogP) is 3.61. The fourth-order valence-electron chi connectivity index (χ4n) is 2.38. The second-order valence-corrected chi connectivity index (χ2v) is 5.50.